The van der Waals surface area contributed by atoms with E-state index in [1.54, 1.807) is 24.5 Å². The fourth-order valence-electron chi connectivity index (χ4n) is 3.27. The van der Waals surface area contributed by atoms with Gasteiger partial charge < -0.3 is 8.83 Å². The molecular weight excluding hydrogens is 360 g/mol. The predicted molar refractivity (Wildman–Crippen MR) is 108 cm³/mol. The van der Waals surface area contributed by atoms with Crippen molar-refractivity contribution in [2.24, 2.45) is 0 Å². The van der Waals surface area contributed by atoms with Crippen LogP contribution < -0.4 is 5.43 Å². The topological polar surface area (TPSA) is 43.4 Å². The van der Waals surface area contributed by atoms with Gasteiger partial charge in [0.25, 0.3) is 0 Å². The van der Waals surface area contributed by atoms with Gasteiger partial charge in [-0.25, -0.2) is 0 Å². The summed E-state index contributed by atoms with van der Waals surface area (Å²) in [6.07, 6.45) is 1.71. The molecule has 4 heteroatoms. The van der Waals surface area contributed by atoms with Gasteiger partial charge in [0.15, 0.2) is 5.43 Å². The molecule has 0 unspecified atom stereocenters. The molecule has 0 fully saturated rings. The lowest BCUT2D eigenvalue weighted by molar-refractivity contribution is 0.606. The second kappa shape index (κ2) is 6.15. The van der Waals surface area contributed by atoms with Crippen LogP contribution in [0.3, 0.4) is 0 Å². The van der Waals surface area contributed by atoms with E-state index in [2.05, 4.69) is 0 Å². The molecule has 0 bridgehead atoms. The summed E-state index contributed by atoms with van der Waals surface area (Å²) in [5, 5.41) is 2.05. The highest BCUT2D eigenvalue weighted by Crippen LogP contribution is 2.33. The first-order valence-electron chi connectivity index (χ1n) is 8.49. The maximum Gasteiger partial charge on any atom is 0.193 e. The highest BCUT2D eigenvalue weighted by Gasteiger charge is 2.13. The van der Waals surface area contributed by atoms with Crippen LogP contribution >= 0.6 is 11.6 Å². The van der Waals surface area contributed by atoms with E-state index in [0.717, 1.165) is 22.1 Å². The van der Waals surface area contributed by atoms with Crippen LogP contribution in [-0.4, -0.2) is 0 Å². The Morgan fingerprint density at radius 2 is 1.52 bits per heavy atom. The van der Waals surface area contributed by atoms with Crippen molar-refractivity contribution in [1.29, 1.82) is 0 Å². The molecule has 0 N–H and O–H groups in total. The third-order valence-electron chi connectivity index (χ3n) is 4.64. The van der Waals surface area contributed by atoms with E-state index >= 15 is 0 Å². The van der Waals surface area contributed by atoms with Gasteiger partial charge in [-0.1, -0.05) is 41.9 Å². The molecule has 5 aromatic rings. The van der Waals surface area contributed by atoms with Crippen LogP contribution in [0.4, 0.5) is 0 Å². The minimum absolute atomic E-state index is 0.0942. The lowest BCUT2D eigenvalue weighted by Crippen LogP contribution is -2.00. The largest absolute Gasteiger partial charge is 0.464 e. The van der Waals surface area contributed by atoms with Crippen LogP contribution in [0.2, 0.25) is 5.02 Å². The molecule has 130 valence electrons. The molecule has 27 heavy (non-hydrogen) atoms. The van der Waals surface area contributed by atoms with Crippen molar-refractivity contribution in [3.05, 3.63) is 94.3 Å². The van der Waals surface area contributed by atoms with Gasteiger partial charge in [0.05, 0.1) is 11.6 Å². The number of hydrogen-bond donors (Lipinski definition) is 0. The van der Waals surface area contributed by atoms with Gasteiger partial charge in [-0.05, 0) is 35.9 Å². The molecule has 2 heterocycles. The van der Waals surface area contributed by atoms with Crippen LogP contribution in [-0.2, 0) is 0 Å². The van der Waals surface area contributed by atoms with Crippen LogP contribution in [0.25, 0.3) is 44.4 Å². The average molecular weight is 373 g/mol. The second-order valence-electron chi connectivity index (χ2n) is 6.34. The number of benzene rings is 3. The molecule has 0 spiro atoms. The van der Waals surface area contributed by atoms with Crippen molar-refractivity contribution >= 4 is 33.5 Å². The molecular formula is C23H13ClO3. The SMILES string of the molecule is O=c1cc(-c2ccc(Cl)cc2)oc2cc3occ(-c4ccccc4)c3cc12. The van der Waals surface area contributed by atoms with Crippen molar-refractivity contribution in [1.82, 2.24) is 0 Å². The van der Waals surface area contributed by atoms with Gasteiger partial charge in [-0.3, -0.25) is 4.79 Å². The van der Waals surface area contributed by atoms with Crippen molar-refractivity contribution in [2.45, 2.75) is 0 Å². The van der Waals surface area contributed by atoms with Crippen molar-refractivity contribution in [2.75, 3.05) is 0 Å². The summed E-state index contributed by atoms with van der Waals surface area (Å²) in [4.78, 5) is 12.7. The van der Waals surface area contributed by atoms with Crippen LogP contribution in [0.5, 0.6) is 0 Å². The first kappa shape index (κ1) is 15.9. The predicted octanol–water partition coefficient (Wildman–Crippen LogP) is 6.53. The smallest absolute Gasteiger partial charge is 0.193 e. The summed E-state index contributed by atoms with van der Waals surface area (Å²) in [6, 6.07) is 22.3. The average Bonchev–Trinajstić information content (AvgIpc) is 3.10. The number of furan rings is 1. The molecule has 0 aliphatic carbocycles. The zero-order chi connectivity index (χ0) is 18.4. The quantitative estimate of drug-likeness (QED) is 0.354. The first-order chi connectivity index (χ1) is 13.2. The van der Waals surface area contributed by atoms with Gasteiger partial charge >= 0.3 is 0 Å². The van der Waals surface area contributed by atoms with Crippen LogP contribution in [0.1, 0.15) is 0 Å². The summed E-state index contributed by atoms with van der Waals surface area (Å²) in [5.74, 6) is 0.498. The van der Waals surface area contributed by atoms with E-state index in [1.807, 2.05) is 48.5 Å². The van der Waals surface area contributed by atoms with Crippen molar-refractivity contribution < 1.29 is 8.83 Å². The molecule has 0 saturated heterocycles. The Hall–Kier alpha value is -3.30. The summed E-state index contributed by atoms with van der Waals surface area (Å²) in [5.41, 5.74) is 3.87. The van der Waals surface area contributed by atoms with E-state index in [9.17, 15) is 4.79 Å². The summed E-state index contributed by atoms with van der Waals surface area (Å²) in [6.45, 7) is 0. The van der Waals surface area contributed by atoms with Crippen molar-refractivity contribution in [3.8, 4) is 22.5 Å². The first-order valence-corrected chi connectivity index (χ1v) is 8.87. The van der Waals surface area contributed by atoms with Gasteiger partial charge in [-0.15, -0.1) is 0 Å². The Kier molecular flexibility index (Phi) is 3.62. The van der Waals surface area contributed by atoms with Crippen LogP contribution in [0.15, 0.2) is 92.7 Å². The maximum absolute atomic E-state index is 12.7. The van der Waals surface area contributed by atoms with E-state index < -0.39 is 0 Å². The van der Waals surface area contributed by atoms with Crippen LogP contribution in [0, 0.1) is 0 Å². The zero-order valence-corrected chi connectivity index (χ0v) is 14.9. The van der Waals surface area contributed by atoms with E-state index in [-0.39, 0.29) is 5.43 Å². The molecule has 0 amide bonds. The molecule has 0 aliphatic rings. The molecule has 3 aromatic carbocycles. The fraction of sp³-hybridized carbons (Fsp3) is 0. The Balaban J connectivity index is 1.73. The van der Waals surface area contributed by atoms with E-state index in [0.29, 0.717) is 27.3 Å². The van der Waals surface area contributed by atoms with Crippen molar-refractivity contribution in [3.63, 3.8) is 0 Å². The number of halogens is 1. The van der Waals surface area contributed by atoms with Gasteiger partial charge in [0.1, 0.15) is 16.9 Å². The number of rotatable bonds is 2. The summed E-state index contributed by atoms with van der Waals surface area (Å²) in [7, 11) is 0. The zero-order valence-electron chi connectivity index (χ0n) is 14.1. The number of hydrogen-bond acceptors (Lipinski definition) is 3. The highest BCUT2D eigenvalue weighted by molar-refractivity contribution is 6.30. The van der Waals surface area contributed by atoms with Gasteiger partial charge in [0.2, 0.25) is 0 Å². The third-order valence-corrected chi connectivity index (χ3v) is 4.89. The minimum atomic E-state index is -0.0942. The Morgan fingerprint density at radius 1 is 0.741 bits per heavy atom. The Labute approximate surface area is 159 Å². The highest BCUT2D eigenvalue weighted by atomic mass is 35.5. The molecule has 0 radical (unpaired) electrons. The molecule has 2 aromatic heterocycles. The molecule has 0 atom stereocenters. The Morgan fingerprint density at radius 3 is 2.30 bits per heavy atom. The van der Waals surface area contributed by atoms with E-state index in [1.165, 1.54) is 6.07 Å². The molecule has 5 rings (SSSR count). The van der Waals surface area contributed by atoms with E-state index in [4.69, 9.17) is 20.4 Å². The molecule has 0 saturated carbocycles. The number of fused-ring (bicyclic) bond motifs is 2. The maximum atomic E-state index is 12.7. The third kappa shape index (κ3) is 2.73. The normalized spacial score (nSPS) is 11.3. The summed E-state index contributed by atoms with van der Waals surface area (Å²) < 4.78 is 11.7. The standard InChI is InChI=1S/C23H13ClO3/c24-16-8-6-15(7-9-16)21-11-20(25)18-10-17-19(14-4-2-1-3-5-14)13-26-22(17)12-23(18)27-21/h1-13H. The molecule has 0 aliphatic heterocycles. The summed E-state index contributed by atoms with van der Waals surface area (Å²) >= 11 is 5.94. The minimum Gasteiger partial charge on any atom is -0.464 e. The fourth-order valence-corrected chi connectivity index (χ4v) is 3.40. The second-order valence-corrected chi connectivity index (χ2v) is 6.78. The monoisotopic (exact) mass is 372 g/mol. The Bertz CT molecular complexity index is 1330. The van der Waals surface area contributed by atoms with Gasteiger partial charge in [0, 0.05) is 33.7 Å². The lowest BCUT2D eigenvalue weighted by Gasteiger charge is -2.04. The molecule has 3 nitrogen and oxygen atoms in total. The lowest BCUT2D eigenvalue weighted by atomic mass is 10.0. The van der Waals surface area contributed by atoms with Gasteiger partial charge in [-0.2, -0.15) is 0 Å².